The van der Waals surface area contributed by atoms with Crippen LogP contribution < -0.4 is 9.44 Å². The van der Waals surface area contributed by atoms with Gasteiger partial charge in [-0.1, -0.05) is 19.8 Å². The lowest BCUT2D eigenvalue weighted by Gasteiger charge is -2.15. The summed E-state index contributed by atoms with van der Waals surface area (Å²) in [5.41, 5.74) is 0. The first-order valence-corrected chi connectivity index (χ1v) is 6.62. The number of carboxylic acid groups (broad SMARTS) is 1. The summed E-state index contributed by atoms with van der Waals surface area (Å²) in [5.74, 6) is -1.43. The molecule has 6 nitrogen and oxygen atoms in total. The summed E-state index contributed by atoms with van der Waals surface area (Å²) in [5, 5.41) is 8.71. The van der Waals surface area contributed by atoms with E-state index in [1.165, 1.54) is 4.72 Å². The number of aliphatic carboxylic acids is 1. The van der Waals surface area contributed by atoms with Crippen molar-refractivity contribution in [2.24, 2.45) is 0 Å². The molecule has 0 saturated heterocycles. The maximum Gasteiger partial charge on any atom is 0.402 e. The van der Waals surface area contributed by atoms with Gasteiger partial charge < -0.3 is 5.11 Å². The van der Waals surface area contributed by atoms with Crippen LogP contribution in [0.4, 0.5) is 13.2 Å². The van der Waals surface area contributed by atoms with E-state index < -0.39 is 34.9 Å². The third kappa shape index (κ3) is 8.25. The van der Waals surface area contributed by atoms with Crippen molar-refractivity contribution < 1.29 is 31.5 Å². The molecule has 0 radical (unpaired) electrons. The summed E-state index contributed by atoms with van der Waals surface area (Å²) in [6.45, 7) is 0.0256. The number of carboxylic acids is 1. The quantitative estimate of drug-likeness (QED) is 0.611. The fourth-order valence-corrected chi connectivity index (χ4v) is 2.08. The molecule has 0 aliphatic heterocycles. The minimum absolute atomic E-state index is 0.0127. The summed E-state index contributed by atoms with van der Waals surface area (Å²) >= 11 is 0. The highest BCUT2D eigenvalue weighted by Gasteiger charge is 2.31. The largest absolute Gasteiger partial charge is 0.480 e. The topological polar surface area (TPSA) is 95.5 Å². The standard InChI is InChI=1S/C8H15F3N2O4S/c1-2-3-4-6(7(14)15)13-18(16,17)12-5-8(9,10)11/h6,12-13H,2-5H2,1H3,(H,14,15)/t6-/m0/s1. The van der Waals surface area contributed by atoms with E-state index in [1.807, 2.05) is 0 Å². The predicted molar refractivity (Wildman–Crippen MR) is 57.1 cm³/mol. The van der Waals surface area contributed by atoms with E-state index in [0.29, 0.717) is 12.8 Å². The predicted octanol–water partition coefficient (Wildman–Crippen LogP) is 0.616. The van der Waals surface area contributed by atoms with E-state index in [0.717, 1.165) is 0 Å². The Labute approximate surface area is 103 Å². The second kappa shape index (κ2) is 6.90. The molecule has 0 spiro atoms. The summed E-state index contributed by atoms with van der Waals surface area (Å²) in [4.78, 5) is 10.7. The number of carbonyl (C=O) groups is 1. The van der Waals surface area contributed by atoms with E-state index >= 15 is 0 Å². The van der Waals surface area contributed by atoms with Crippen LogP contribution in [0.5, 0.6) is 0 Å². The summed E-state index contributed by atoms with van der Waals surface area (Å²) in [6.07, 6.45) is -3.60. The van der Waals surface area contributed by atoms with Crippen LogP contribution in [0.25, 0.3) is 0 Å². The van der Waals surface area contributed by atoms with Gasteiger partial charge in [-0.3, -0.25) is 4.79 Å². The first-order chi connectivity index (χ1) is 8.07. The normalized spacial score (nSPS) is 14.4. The smallest absolute Gasteiger partial charge is 0.402 e. The van der Waals surface area contributed by atoms with Crippen LogP contribution in [0.15, 0.2) is 0 Å². The second-order valence-electron chi connectivity index (χ2n) is 3.59. The lowest BCUT2D eigenvalue weighted by molar-refractivity contribution is -0.139. The van der Waals surface area contributed by atoms with Crippen LogP contribution in [0.3, 0.4) is 0 Å². The number of halogens is 3. The van der Waals surface area contributed by atoms with Gasteiger partial charge in [-0.15, -0.1) is 0 Å². The van der Waals surface area contributed by atoms with Gasteiger partial charge in [-0.2, -0.15) is 31.0 Å². The van der Waals surface area contributed by atoms with Crippen LogP contribution >= 0.6 is 0 Å². The monoisotopic (exact) mass is 292 g/mol. The van der Waals surface area contributed by atoms with E-state index in [4.69, 9.17) is 5.11 Å². The van der Waals surface area contributed by atoms with Gasteiger partial charge in [0.2, 0.25) is 0 Å². The van der Waals surface area contributed by atoms with Crippen molar-refractivity contribution >= 4 is 16.2 Å². The zero-order valence-corrected chi connectivity index (χ0v) is 10.4. The number of unbranched alkanes of at least 4 members (excludes halogenated alkanes) is 1. The molecule has 108 valence electrons. The molecule has 0 amide bonds. The van der Waals surface area contributed by atoms with E-state index in [9.17, 15) is 26.4 Å². The first kappa shape index (κ1) is 17.1. The Balaban J connectivity index is 4.47. The Bertz CT molecular complexity index is 369. The molecule has 1 atom stereocenters. The Morgan fingerprint density at radius 2 is 1.94 bits per heavy atom. The van der Waals surface area contributed by atoms with Gasteiger partial charge in [-0.05, 0) is 6.42 Å². The Morgan fingerprint density at radius 1 is 1.39 bits per heavy atom. The van der Waals surface area contributed by atoms with Crippen molar-refractivity contribution in [1.82, 2.24) is 9.44 Å². The number of hydrogen-bond acceptors (Lipinski definition) is 3. The van der Waals surface area contributed by atoms with Gasteiger partial charge in [0.15, 0.2) is 0 Å². The molecule has 0 aromatic rings. The number of nitrogens with one attached hydrogen (secondary N) is 2. The molecule has 3 N–H and O–H groups in total. The highest BCUT2D eigenvalue weighted by Crippen LogP contribution is 2.12. The van der Waals surface area contributed by atoms with Crippen LogP contribution in [-0.2, 0) is 15.0 Å². The zero-order valence-electron chi connectivity index (χ0n) is 9.62. The highest BCUT2D eigenvalue weighted by atomic mass is 32.2. The van der Waals surface area contributed by atoms with Crippen LogP contribution in [0.1, 0.15) is 26.2 Å². The van der Waals surface area contributed by atoms with Gasteiger partial charge in [0.1, 0.15) is 12.6 Å². The van der Waals surface area contributed by atoms with E-state index in [1.54, 1.807) is 11.6 Å². The Hall–Kier alpha value is -0.870. The van der Waals surface area contributed by atoms with Gasteiger partial charge in [0.25, 0.3) is 10.2 Å². The molecule has 0 bridgehead atoms. The Morgan fingerprint density at radius 3 is 2.33 bits per heavy atom. The number of alkyl halides is 3. The van der Waals surface area contributed by atoms with Crippen molar-refractivity contribution in [1.29, 1.82) is 0 Å². The zero-order chi connectivity index (χ0) is 14.4. The first-order valence-electron chi connectivity index (χ1n) is 5.14. The molecule has 0 saturated carbocycles. The van der Waals surface area contributed by atoms with Crippen LogP contribution in [0.2, 0.25) is 0 Å². The molecule has 0 aromatic heterocycles. The minimum atomic E-state index is -4.70. The van der Waals surface area contributed by atoms with Gasteiger partial charge >= 0.3 is 12.1 Å². The van der Waals surface area contributed by atoms with Crippen molar-refractivity contribution in [3.8, 4) is 0 Å². The lowest BCUT2D eigenvalue weighted by atomic mass is 10.1. The van der Waals surface area contributed by atoms with Crippen LogP contribution in [-0.4, -0.2) is 38.3 Å². The average molecular weight is 292 g/mol. The van der Waals surface area contributed by atoms with Crippen molar-refractivity contribution in [2.75, 3.05) is 6.54 Å². The van der Waals surface area contributed by atoms with Crippen molar-refractivity contribution in [3.63, 3.8) is 0 Å². The molecule has 0 aromatic carbocycles. The van der Waals surface area contributed by atoms with Gasteiger partial charge in [-0.25, -0.2) is 0 Å². The molecule has 0 unspecified atom stereocenters. The molecule has 18 heavy (non-hydrogen) atoms. The molecular formula is C8H15F3N2O4S. The van der Waals surface area contributed by atoms with E-state index in [-0.39, 0.29) is 6.42 Å². The fourth-order valence-electron chi connectivity index (χ4n) is 1.05. The fraction of sp³-hybridized carbons (Fsp3) is 0.875. The molecule has 0 fully saturated rings. The lowest BCUT2D eigenvalue weighted by Crippen LogP contribution is -2.48. The van der Waals surface area contributed by atoms with Gasteiger partial charge in [0.05, 0.1) is 0 Å². The Kier molecular flexibility index (Phi) is 6.57. The molecule has 0 rings (SSSR count). The molecular weight excluding hydrogens is 277 g/mol. The molecule has 0 aliphatic rings. The molecule has 10 heteroatoms. The van der Waals surface area contributed by atoms with Crippen molar-refractivity contribution in [2.45, 2.75) is 38.4 Å². The maximum atomic E-state index is 11.8. The third-order valence-electron chi connectivity index (χ3n) is 1.90. The highest BCUT2D eigenvalue weighted by molar-refractivity contribution is 7.87. The average Bonchev–Trinajstić information content (AvgIpc) is 2.20. The maximum absolute atomic E-state index is 11.8. The SMILES string of the molecule is CCCC[C@H](NS(=O)(=O)NCC(F)(F)F)C(=O)O. The summed E-state index contributed by atoms with van der Waals surface area (Å²) in [6, 6.07) is -1.43. The minimum Gasteiger partial charge on any atom is -0.480 e. The van der Waals surface area contributed by atoms with Crippen molar-refractivity contribution in [3.05, 3.63) is 0 Å². The summed E-state index contributed by atoms with van der Waals surface area (Å²) < 4.78 is 60.7. The summed E-state index contributed by atoms with van der Waals surface area (Å²) in [7, 11) is -4.49. The second-order valence-corrected chi connectivity index (χ2v) is 5.12. The molecule has 0 aliphatic carbocycles. The number of hydrogen-bond donors (Lipinski definition) is 3. The van der Waals surface area contributed by atoms with E-state index in [2.05, 4.69) is 0 Å². The molecule has 0 heterocycles. The number of rotatable bonds is 8. The van der Waals surface area contributed by atoms with Crippen LogP contribution in [0, 0.1) is 0 Å². The third-order valence-corrected chi connectivity index (χ3v) is 3.02. The van der Waals surface area contributed by atoms with Gasteiger partial charge in [0, 0.05) is 0 Å².